The number of anilines is 1. The first-order chi connectivity index (χ1) is 11.1. The molecule has 0 spiro atoms. The molecule has 1 unspecified atom stereocenters. The number of alkyl halides is 1. The van der Waals surface area contributed by atoms with Gasteiger partial charge in [0.1, 0.15) is 11.2 Å². The second-order valence-electron chi connectivity index (χ2n) is 5.56. The predicted octanol–water partition coefficient (Wildman–Crippen LogP) is 3.45. The van der Waals surface area contributed by atoms with Crippen LogP contribution in [0.1, 0.15) is 10.9 Å². The molecule has 1 saturated heterocycles. The number of hydrogen-bond donors (Lipinski definition) is 0. The van der Waals surface area contributed by atoms with Crippen LogP contribution in [0.4, 0.5) is 10.1 Å². The first-order valence-electron chi connectivity index (χ1n) is 7.63. The monoisotopic (exact) mass is 332 g/mol. The molecule has 3 nitrogen and oxygen atoms in total. The molecule has 0 N–H and O–H groups in total. The SMILES string of the molecule is O=C(C(Cl)c1ccccc1)N1CCN(c2ccc(F)cc2)CC1. The largest absolute Gasteiger partial charge is 0.368 e. The van der Waals surface area contributed by atoms with Crippen LogP contribution in [0.5, 0.6) is 0 Å². The van der Waals surface area contributed by atoms with Crippen LogP contribution in [0.15, 0.2) is 54.6 Å². The highest BCUT2D eigenvalue weighted by atomic mass is 35.5. The lowest BCUT2D eigenvalue weighted by molar-refractivity contribution is -0.131. The van der Waals surface area contributed by atoms with E-state index in [0.29, 0.717) is 13.1 Å². The summed E-state index contributed by atoms with van der Waals surface area (Å²) in [5.74, 6) is -0.299. The molecule has 0 bridgehead atoms. The van der Waals surface area contributed by atoms with E-state index >= 15 is 0 Å². The molecular formula is C18H18ClFN2O. The van der Waals surface area contributed by atoms with E-state index in [1.165, 1.54) is 12.1 Å². The maximum Gasteiger partial charge on any atom is 0.245 e. The van der Waals surface area contributed by atoms with Gasteiger partial charge >= 0.3 is 0 Å². The Labute approximate surface area is 140 Å². The summed E-state index contributed by atoms with van der Waals surface area (Å²) in [6.45, 7) is 2.67. The standard InChI is InChI=1S/C18H18ClFN2O/c19-17(14-4-2-1-3-5-14)18(23)22-12-10-21(11-13-22)16-8-6-15(20)7-9-16/h1-9,17H,10-13H2. The van der Waals surface area contributed by atoms with Gasteiger partial charge in [-0.3, -0.25) is 4.79 Å². The van der Waals surface area contributed by atoms with Crippen molar-refractivity contribution in [3.8, 4) is 0 Å². The molecule has 2 aromatic rings. The van der Waals surface area contributed by atoms with E-state index in [9.17, 15) is 9.18 Å². The van der Waals surface area contributed by atoms with Crippen molar-refractivity contribution in [3.63, 3.8) is 0 Å². The quantitative estimate of drug-likeness (QED) is 0.804. The summed E-state index contributed by atoms with van der Waals surface area (Å²) in [4.78, 5) is 16.5. The fraction of sp³-hybridized carbons (Fsp3) is 0.278. The molecular weight excluding hydrogens is 315 g/mol. The molecule has 1 aliphatic heterocycles. The van der Waals surface area contributed by atoms with Crippen molar-refractivity contribution in [1.29, 1.82) is 0 Å². The van der Waals surface area contributed by atoms with Crippen LogP contribution in [-0.4, -0.2) is 37.0 Å². The highest BCUT2D eigenvalue weighted by molar-refractivity contribution is 6.30. The fourth-order valence-electron chi connectivity index (χ4n) is 2.76. The molecule has 2 aromatic carbocycles. The number of rotatable bonds is 3. The average molecular weight is 333 g/mol. The van der Waals surface area contributed by atoms with Gasteiger partial charge < -0.3 is 9.80 Å². The molecule has 1 heterocycles. The third-order valence-corrected chi connectivity index (χ3v) is 4.53. The molecule has 5 heteroatoms. The van der Waals surface area contributed by atoms with E-state index < -0.39 is 5.38 Å². The average Bonchev–Trinajstić information content (AvgIpc) is 2.62. The third kappa shape index (κ3) is 3.64. The number of piperazine rings is 1. The number of benzene rings is 2. The number of amides is 1. The Kier molecular flexibility index (Phi) is 4.82. The highest BCUT2D eigenvalue weighted by Gasteiger charge is 2.27. The minimum absolute atomic E-state index is 0.0587. The third-order valence-electron chi connectivity index (χ3n) is 4.09. The van der Waals surface area contributed by atoms with Gasteiger partial charge in [-0.1, -0.05) is 30.3 Å². The Hall–Kier alpha value is -2.07. The minimum atomic E-state index is -0.645. The maximum absolute atomic E-state index is 13.0. The minimum Gasteiger partial charge on any atom is -0.368 e. The predicted molar refractivity (Wildman–Crippen MR) is 90.2 cm³/mol. The van der Waals surface area contributed by atoms with Gasteiger partial charge in [0.15, 0.2) is 0 Å². The van der Waals surface area contributed by atoms with Gasteiger partial charge in [-0.05, 0) is 29.8 Å². The molecule has 0 aliphatic carbocycles. The molecule has 23 heavy (non-hydrogen) atoms. The number of nitrogens with zero attached hydrogens (tertiary/aromatic N) is 2. The van der Waals surface area contributed by atoms with Crippen LogP contribution in [0, 0.1) is 5.82 Å². The smallest absolute Gasteiger partial charge is 0.245 e. The summed E-state index contributed by atoms with van der Waals surface area (Å²) in [5, 5.41) is -0.645. The zero-order valence-corrected chi connectivity index (χ0v) is 13.4. The molecule has 1 amide bonds. The lowest BCUT2D eigenvalue weighted by Crippen LogP contribution is -2.49. The number of carbonyl (C=O) groups is 1. The fourth-order valence-corrected chi connectivity index (χ4v) is 3.05. The van der Waals surface area contributed by atoms with Crippen molar-refractivity contribution in [2.75, 3.05) is 31.1 Å². The van der Waals surface area contributed by atoms with Crippen molar-refractivity contribution in [2.24, 2.45) is 0 Å². The Bertz CT molecular complexity index is 654. The summed E-state index contributed by atoms with van der Waals surface area (Å²) in [7, 11) is 0. The van der Waals surface area contributed by atoms with Gasteiger partial charge in [0.05, 0.1) is 0 Å². The molecule has 0 aromatic heterocycles. The van der Waals surface area contributed by atoms with E-state index in [-0.39, 0.29) is 11.7 Å². The van der Waals surface area contributed by atoms with Gasteiger partial charge in [0, 0.05) is 31.9 Å². The molecule has 1 atom stereocenters. The summed E-state index contributed by atoms with van der Waals surface area (Å²) in [6.07, 6.45) is 0. The van der Waals surface area contributed by atoms with E-state index in [1.54, 1.807) is 17.0 Å². The van der Waals surface area contributed by atoms with Crippen LogP contribution >= 0.6 is 11.6 Å². The van der Waals surface area contributed by atoms with Gasteiger partial charge in [0.25, 0.3) is 0 Å². The number of carbonyl (C=O) groups excluding carboxylic acids is 1. The van der Waals surface area contributed by atoms with Crippen molar-refractivity contribution >= 4 is 23.2 Å². The Morgan fingerprint density at radius 1 is 0.957 bits per heavy atom. The topological polar surface area (TPSA) is 23.6 Å². The first-order valence-corrected chi connectivity index (χ1v) is 8.07. The second kappa shape index (κ2) is 7.01. The van der Waals surface area contributed by atoms with E-state index in [0.717, 1.165) is 24.3 Å². The first kappa shape index (κ1) is 15.8. The van der Waals surface area contributed by atoms with Crippen LogP contribution in [0.2, 0.25) is 0 Å². The van der Waals surface area contributed by atoms with Crippen molar-refractivity contribution in [1.82, 2.24) is 4.90 Å². The molecule has 1 aliphatic rings. The van der Waals surface area contributed by atoms with E-state index in [2.05, 4.69) is 4.90 Å². The van der Waals surface area contributed by atoms with Crippen LogP contribution in [-0.2, 0) is 4.79 Å². The lowest BCUT2D eigenvalue weighted by atomic mass is 10.1. The van der Waals surface area contributed by atoms with Crippen LogP contribution < -0.4 is 4.90 Å². The van der Waals surface area contributed by atoms with Gasteiger partial charge in [-0.25, -0.2) is 4.39 Å². The summed E-state index contributed by atoms with van der Waals surface area (Å²) in [6, 6.07) is 15.8. The van der Waals surface area contributed by atoms with Gasteiger partial charge in [-0.2, -0.15) is 0 Å². The van der Waals surface area contributed by atoms with E-state index in [1.807, 2.05) is 30.3 Å². The molecule has 0 saturated carbocycles. The van der Waals surface area contributed by atoms with Crippen molar-refractivity contribution < 1.29 is 9.18 Å². The second-order valence-corrected chi connectivity index (χ2v) is 6.00. The van der Waals surface area contributed by atoms with Crippen LogP contribution in [0.25, 0.3) is 0 Å². The zero-order chi connectivity index (χ0) is 16.2. The van der Waals surface area contributed by atoms with Gasteiger partial charge in [-0.15, -0.1) is 11.6 Å². The summed E-state index contributed by atoms with van der Waals surface area (Å²) >= 11 is 6.31. The Morgan fingerprint density at radius 3 is 2.17 bits per heavy atom. The summed E-state index contributed by atoms with van der Waals surface area (Å²) < 4.78 is 13.0. The molecule has 1 fully saturated rings. The van der Waals surface area contributed by atoms with Crippen molar-refractivity contribution in [2.45, 2.75) is 5.38 Å². The number of hydrogen-bond acceptors (Lipinski definition) is 2. The zero-order valence-electron chi connectivity index (χ0n) is 12.7. The Balaban J connectivity index is 1.60. The van der Waals surface area contributed by atoms with Crippen molar-refractivity contribution in [3.05, 3.63) is 66.0 Å². The molecule has 3 rings (SSSR count). The normalized spacial score (nSPS) is 16.3. The Morgan fingerprint density at radius 2 is 1.57 bits per heavy atom. The lowest BCUT2D eigenvalue weighted by Gasteiger charge is -2.37. The maximum atomic E-state index is 13.0. The molecule has 120 valence electrons. The summed E-state index contributed by atoms with van der Waals surface area (Å²) in [5.41, 5.74) is 1.80. The number of halogens is 2. The van der Waals surface area contributed by atoms with Crippen LogP contribution in [0.3, 0.4) is 0 Å². The highest BCUT2D eigenvalue weighted by Crippen LogP contribution is 2.24. The van der Waals surface area contributed by atoms with E-state index in [4.69, 9.17) is 11.6 Å². The molecule has 0 radical (unpaired) electrons. The van der Waals surface area contributed by atoms with Gasteiger partial charge in [0.2, 0.25) is 5.91 Å².